The number of carbonyl (C=O) groups excluding carboxylic acids is 1. The van der Waals surface area contributed by atoms with Crippen LogP contribution in [0, 0.1) is 18.9 Å². The number of piperidine rings is 1. The number of benzene rings is 1. The van der Waals surface area contributed by atoms with Crippen molar-refractivity contribution in [3.63, 3.8) is 0 Å². The Morgan fingerprint density at radius 2 is 2.23 bits per heavy atom. The number of H-pyrrole nitrogens is 1. The van der Waals surface area contributed by atoms with Gasteiger partial charge < -0.3 is 10.1 Å². The van der Waals surface area contributed by atoms with Gasteiger partial charge in [0.05, 0.1) is 18.8 Å². The third-order valence-electron chi connectivity index (χ3n) is 4.84. The summed E-state index contributed by atoms with van der Waals surface area (Å²) in [5, 5.41) is 9.93. The molecule has 1 saturated heterocycles. The second-order valence-corrected chi connectivity index (χ2v) is 7.00. The normalized spacial score (nSPS) is 15.8. The van der Waals surface area contributed by atoms with Gasteiger partial charge in [-0.25, -0.2) is 0 Å². The molecule has 1 aliphatic rings. The Balaban J connectivity index is 1.40. The zero-order valence-corrected chi connectivity index (χ0v) is 15.5. The van der Waals surface area contributed by atoms with Gasteiger partial charge in [0, 0.05) is 11.8 Å². The Bertz CT molecular complexity index is 720. The van der Waals surface area contributed by atoms with Crippen LogP contribution in [-0.2, 0) is 4.79 Å². The summed E-state index contributed by atoms with van der Waals surface area (Å²) in [6, 6.07) is 8.77. The highest BCUT2D eigenvalue weighted by Gasteiger charge is 2.17. The number of aromatic amines is 1. The second kappa shape index (κ2) is 8.85. The fraction of sp³-hybridized carbons (Fsp3) is 0.500. The predicted molar refractivity (Wildman–Crippen MR) is 101 cm³/mol. The molecule has 2 aromatic rings. The molecule has 0 atom stereocenters. The van der Waals surface area contributed by atoms with Crippen LogP contribution in [0.1, 0.15) is 25.5 Å². The summed E-state index contributed by atoms with van der Waals surface area (Å²) < 4.78 is 5.75. The zero-order valence-electron chi connectivity index (χ0n) is 15.5. The standard InChI is InChI=1S/C20H27N4O2/c1-15-6-9-24(10-7-15)14-20(25)21-8-11-26-18-5-3-4-17(12-18)19-13-22-23-16(19)2/h4-5,12-13,15H,6-11,14H2,1-2H3,(H,21,25)(H,22,23). The van der Waals surface area contributed by atoms with Crippen molar-refractivity contribution in [1.82, 2.24) is 20.4 Å². The smallest absolute Gasteiger partial charge is 0.234 e. The maximum atomic E-state index is 12.0. The Hall–Kier alpha value is -2.34. The van der Waals surface area contributed by atoms with Crippen molar-refractivity contribution in [2.45, 2.75) is 26.7 Å². The molecule has 0 spiro atoms. The van der Waals surface area contributed by atoms with Crippen molar-refractivity contribution in [1.29, 1.82) is 0 Å². The summed E-state index contributed by atoms with van der Waals surface area (Å²) in [6.45, 7) is 7.67. The molecule has 2 heterocycles. The quantitative estimate of drug-likeness (QED) is 0.749. The van der Waals surface area contributed by atoms with Crippen molar-refractivity contribution in [3.05, 3.63) is 36.2 Å². The lowest BCUT2D eigenvalue weighted by Gasteiger charge is -2.29. The first-order chi connectivity index (χ1) is 12.6. The molecule has 2 N–H and O–H groups in total. The molecule has 1 amide bonds. The number of likely N-dealkylation sites (tertiary alicyclic amines) is 1. The first-order valence-corrected chi connectivity index (χ1v) is 9.25. The van der Waals surface area contributed by atoms with E-state index in [0.717, 1.165) is 41.6 Å². The number of nitrogens with zero attached hydrogens (tertiary/aromatic N) is 2. The fourth-order valence-electron chi connectivity index (χ4n) is 3.18. The second-order valence-electron chi connectivity index (χ2n) is 7.00. The van der Waals surface area contributed by atoms with E-state index < -0.39 is 0 Å². The molecule has 1 radical (unpaired) electrons. The van der Waals surface area contributed by atoms with Crippen LogP contribution in [0.2, 0.25) is 0 Å². The largest absolute Gasteiger partial charge is 0.492 e. The number of aryl methyl sites for hydroxylation is 1. The maximum Gasteiger partial charge on any atom is 0.234 e. The number of amides is 1. The number of hydrogen-bond acceptors (Lipinski definition) is 4. The number of hydrogen-bond donors (Lipinski definition) is 2. The lowest BCUT2D eigenvalue weighted by molar-refractivity contribution is -0.122. The topological polar surface area (TPSA) is 70.2 Å². The van der Waals surface area contributed by atoms with Gasteiger partial charge in [0.1, 0.15) is 12.4 Å². The van der Waals surface area contributed by atoms with Crippen LogP contribution in [0.15, 0.2) is 24.4 Å². The Morgan fingerprint density at radius 1 is 1.42 bits per heavy atom. The average molecular weight is 355 g/mol. The van der Waals surface area contributed by atoms with Crippen LogP contribution in [0.25, 0.3) is 11.1 Å². The van der Waals surface area contributed by atoms with E-state index in [-0.39, 0.29) is 5.91 Å². The van der Waals surface area contributed by atoms with Gasteiger partial charge >= 0.3 is 0 Å². The molecule has 1 aliphatic heterocycles. The van der Waals surface area contributed by atoms with E-state index in [0.29, 0.717) is 19.7 Å². The van der Waals surface area contributed by atoms with Crippen LogP contribution >= 0.6 is 0 Å². The van der Waals surface area contributed by atoms with E-state index >= 15 is 0 Å². The number of ether oxygens (including phenoxy) is 1. The van der Waals surface area contributed by atoms with E-state index in [2.05, 4.69) is 33.4 Å². The summed E-state index contributed by atoms with van der Waals surface area (Å²) in [5.74, 6) is 1.58. The molecule has 0 saturated carbocycles. The monoisotopic (exact) mass is 355 g/mol. The minimum Gasteiger partial charge on any atom is -0.492 e. The Labute approximate surface area is 154 Å². The van der Waals surface area contributed by atoms with Gasteiger partial charge in [-0.2, -0.15) is 5.10 Å². The van der Waals surface area contributed by atoms with Gasteiger partial charge in [0.25, 0.3) is 0 Å². The molecule has 0 unspecified atom stereocenters. The minimum absolute atomic E-state index is 0.0671. The number of aromatic nitrogens is 2. The van der Waals surface area contributed by atoms with Crippen LogP contribution in [-0.4, -0.2) is 53.8 Å². The number of nitrogens with one attached hydrogen (secondary N) is 2. The van der Waals surface area contributed by atoms with E-state index in [4.69, 9.17) is 4.74 Å². The molecule has 139 valence electrons. The summed E-state index contributed by atoms with van der Waals surface area (Å²) in [5.41, 5.74) is 2.99. The third kappa shape index (κ3) is 5.08. The number of rotatable bonds is 7. The van der Waals surface area contributed by atoms with Crippen molar-refractivity contribution >= 4 is 5.91 Å². The molecule has 6 heteroatoms. The molecule has 6 nitrogen and oxygen atoms in total. The minimum atomic E-state index is 0.0671. The first-order valence-electron chi connectivity index (χ1n) is 9.25. The van der Waals surface area contributed by atoms with Crippen LogP contribution < -0.4 is 10.1 Å². The SMILES string of the molecule is Cc1n[nH]cc1-c1c[c]cc(OCCNC(=O)CN2CCC(C)CC2)c1. The summed E-state index contributed by atoms with van der Waals surface area (Å²) in [7, 11) is 0. The third-order valence-corrected chi connectivity index (χ3v) is 4.84. The van der Waals surface area contributed by atoms with Crippen LogP contribution in [0.5, 0.6) is 5.75 Å². The number of carbonyl (C=O) groups is 1. The molecule has 3 rings (SSSR count). The van der Waals surface area contributed by atoms with Gasteiger partial charge in [-0.15, -0.1) is 0 Å². The molecule has 0 aliphatic carbocycles. The molecular formula is C20H27N4O2. The first kappa shape index (κ1) is 18.5. The summed E-state index contributed by atoms with van der Waals surface area (Å²) in [6.07, 6.45) is 4.22. The Kier molecular flexibility index (Phi) is 6.28. The van der Waals surface area contributed by atoms with E-state index in [9.17, 15) is 4.79 Å². The zero-order chi connectivity index (χ0) is 18.4. The van der Waals surface area contributed by atoms with Crippen molar-refractivity contribution in [3.8, 4) is 16.9 Å². The summed E-state index contributed by atoms with van der Waals surface area (Å²) in [4.78, 5) is 14.3. The lowest BCUT2D eigenvalue weighted by Crippen LogP contribution is -2.42. The van der Waals surface area contributed by atoms with Gasteiger partial charge in [0.2, 0.25) is 5.91 Å². The molecule has 26 heavy (non-hydrogen) atoms. The van der Waals surface area contributed by atoms with E-state index in [1.807, 2.05) is 25.3 Å². The van der Waals surface area contributed by atoms with Crippen molar-refractivity contribution in [2.24, 2.45) is 5.92 Å². The molecular weight excluding hydrogens is 328 g/mol. The van der Waals surface area contributed by atoms with Gasteiger partial charge in [-0.1, -0.05) is 6.92 Å². The van der Waals surface area contributed by atoms with Crippen molar-refractivity contribution < 1.29 is 9.53 Å². The Morgan fingerprint density at radius 3 is 2.96 bits per heavy atom. The molecule has 0 bridgehead atoms. The highest BCUT2D eigenvalue weighted by atomic mass is 16.5. The fourth-order valence-corrected chi connectivity index (χ4v) is 3.18. The van der Waals surface area contributed by atoms with Crippen LogP contribution in [0.4, 0.5) is 0 Å². The highest BCUT2D eigenvalue weighted by molar-refractivity contribution is 5.78. The van der Waals surface area contributed by atoms with Crippen LogP contribution in [0.3, 0.4) is 0 Å². The van der Waals surface area contributed by atoms with E-state index in [1.165, 1.54) is 12.8 Å². The predicted octanol–water partition coefficient (Wildman–Crippen LogP) is 2.41. The van der Waals surface area contributed by atoms with E-state index in [1.54, 1.807) is 6.07 Å². The van der Waals surface area contributed by atoms with Gasteiger partial charge in [-0.05, 0) is 68.6 Å². The lowest BCUT2D eigenvalue weighted by atomic mass is 9.99. The molecule has 1 aromatic carbocycles. The molecule has 1 aromatic heterocycles. The average Bonchev–Trinajstić information content (AvgIpc) is 3.07. The van der Waals surface area contributed by atoms with Crippen molar-refractivity contribution in [2.75, 3.05) is 32.8 Å². The molecule has 1 fully saturated rings. The van der Waals surface area contributed by atoms with Gasteiger partial charge in [-0.3, -0.25) is 14.8 Å². The maximum absolute atomic E-state index is 12.0. The highest BCUT2D eigenvalue weighted by Crippen LogP contribution is 2.25. The van der Waals surface area contributed by atoms with Gasteiger partial charge in [0.15, 0.2) is 0 Å². The summed E-state index contributed by atoms with van der Waals surface area (Å²) >= 11 is 0.